The maximum Gasteiger partial charge on any atom is 0.265 e. The highest BCUT2D eigenvalue weighted by Gasteiger charge is 2.31. The third kappa shape index (κ3) is 3.23. The number of carbonyl (C=O) groups excluding carboxylic acids is 1. The molecule has 0 aliphatic carbocycles. The molecule has 1 amide bonds. The normalized spacial score (nSPS) is 18.6. The molecular formula is C19H21N5O3. The Balaban J connectivity index is 1.82. The van der Waals surface area contributed by atoms with Gasteiger partial charge < -0.3 is 10.0 Å². The predicted octanol–water partition coefficient (Wildman–Crippen LogP) is 1.00. The van der Waals surface area contributed by atoms with Crippen molar-refractivity contribution in [2.45, 2.75) is 31.9 Å². The largest absolute Gasteiger partial charge is 0.391 e. The predicted molar refractivity (Wildman–Crippen MR) is 99.3 cm³/mol. The first-order chi connectivity index (χ1) is 13.0. The molecule has 2 atom stereocenters. The van der Waals surface area contributed by atoms with E-state index < -0.39 is 12.1 Å². The van der Waals surface area contributed by atoms with Gasteiger partial charge in [0.05, 0.1) is 12.3 Å². The molecule has 0 radical (unpaired) electrons. The van der Waals surface area contributed by atoms with E-state index in [0.29, 0.717) is 29.6 Å². The van der Waals surface area contributed by atoms with E-state index in [9.17, 15) is 14.7 Å². The molecule has 0 bridgehead atoms. The minimum atomic E-state index is -0.838. The molecule has 27 heavy (non-hydrogen) atoms. The van der Waals surface area contributed by atoms with Gasteiger partial charge in [0.1, 0.15) is 17.8 Å². The number of β-amino-alcohol motifs (C(OH)–C–C–N with tert-alkyl or cyclic N) is 1. The fourth-order valence-corrected chi connectivity index (χ4v) is 3.53. The van der Waals surface area contributed by atoms with Crippen LogP contribution in [0.15, 0.2) is 41.6 Å². The summed E-state index contributed by atoms with van der Waals surface area (Å²) in [6.45, 7) is 2.80. The minimum absolute atomic E-state index is 0.218. The summed E-state index contributed by atoms with van der Waals surface area (Å²) < 4.78 is 1.35. The van der Waals surface area contributed by atoms with Gasteiger partial charge in [-0.25, -0.2) is 4.98 Å². The van der Waals surface area contributed by atoms with Gasteiger partial charge in [0.25, 0.3) is 11.5 Å². The number of aryl methyl sites for hydroxylation is 1. The van der Waals surface area contributed by atoms with Crippen molar-refractivity contribution >= 4 is 16.9 Å². The van der Waals surface area contributed by atoms with Crippen molar-refractivity contribution in [1.82, 2.24) is 24.6 Å². The minimum Gasteiger partial charge on any atom is -0.391 e. The molecule has 4 rings (SSSR count). The first kappa shape index (κ1) is 17.4. The number of hydrogen-bond donors (Lipinski definition) is 2. The number of carbonyl (C=O) groups is 1. The van der Waals surface area contributed by atoms with Crippen LogP contribution in [0, 0.1) is 6.92 Å². The van der Waals surface area contributed by atoms with Crippen molar-refractivity contribution in [1.29, 1.82) is 0 Å². The number of aliphatic hydroxyl groups excluding tert-OH is 1. The van der Waals surface area contributed by atoms with Gasteiger partial charge in [-0.3, -0.25) is 19.3 Å². The lowest BCUT2D eigenvalue weighted by Gasteiger charge is -2.33. The number of H-pyrrole nitrogens is 1. The molecule has 8 heteroatoms. The lowest BCUT2D eigenvalue weighted by Crippen LogP contribution is -2.47. The molecule has 3 aromatic rings. The van der Waals surface area contributed by atoms with Crippen LogP contribution in [-0.2, 0) is 4.79 Å². The lowest BCUT2D eigenvalue weighted by molar-refractivity contribution is -0.136. The van der Waals surface area contributed by atoms with Crippen LogP contribution < -0.4 is 5.56 Å². The van der Waals surface area contributed by atoms with Gasteiger partial charge in [0.15, 0.2) is 5.65 Å². The van der Waals surface area contributed by atoms with Crippen LogP contribution in [-0.4, -0.2) is 54.9 Å². The molecule has 2 N–H and O–H groups in total. The van der Waals surface area contributed by atoms with Crippen LogP contribution in [0.25, 0.3) is 11.0 Å². The van der Waals surface area contributed by atoms with Gasteiger partial charge in [0.2, 0.25) is 0 Å². The molecular weight excluding hydrogens is 346 g/mol. The molecule has 1 aliphatic rings. The Morgan fingerprint density at radius 1 is 1.33 bits per heavy atom. The summed E-state index contributed by atoms with van der Waals surface area (Å²) in [5, 5.41) is 16.8. The summed E-state index contributed by atoms with van der Waals surface area (Å²) in [6.07, 6.45) is 3.68. The zero-order valence-electron chi connectivity index (χ0n) is 15.0. The SMILES string of the molecule is Cc1ccc(C(C(=O)N2CCCC(O)C2)n2cnc3[nH]ncc3c2=O)cc1. The number of piperidine rings is 1. The van der Waals surface area contributed by atoms with Gasteiger partial charge in [-0.05, 0) is 25.3 Å². The first-order valence-electron chi connectivity index (χ1n) is 8.98. The van der Waals surface area contributed by atoms with Crippen LogP contribution in [0.4, 0.5) is 0 Å². The molecule has 1 fully saturated rings. The van der Waals surface area contributed by atoms with E-state index in [0.717, 1.165) is 12.0 Å². The van der Waals surface area contributed by atoms with Crippen molar-refractivity contribution < 1.29 is 9.90 Å². The molecule has 2 aromatic heterocycles. The second kappa shape index (κ2) is 6.96. The molecule has 0 spiro atoms. The summed E-state index contributed by atoms with van der Waals surface area (Å²) in [6, 6.07) is 6.69. The fraction of sp³-hybridized carbons (Fsp3) is 0.368. The standard InChI is InChI=1S/C19H21N5O3/c1-12-4-6-13(7-5-12)16(19(27)23-8-2-3-14(25)10-23)24-11-20-17-15(18(24)26)9-21-22-17/h4-7,9,11,14,16,25H,2-3,8,10H2,1H3,(H,21,22). The number of hydrogen-bond acceptors (Lipinski definition) is 5. The van der Waals surface area contributed by atoms with Gasteiger partial charge in [-0.15, -0.1) is 0 Å². The second-order valence-electron chi connectivity index (χ2n) is 6.98. The third-order valence-electron chi connectivity index (χ3n) is 5.01. The summed E-state index contributed by atoms with van der Waals surface area (Å²) >= 11 is 0. The van der Waals surface area contributed by atoms with E-state index in [4.69, 9.17) is 0 Å². The Kier molecular flexibility index (Phi) is 4.49. The Morgan fingerprint density at radius 2 is 2.11 bits per heavy atom. The van der Waals surface area contributed by atoms with Crippen LogP contribution in [0.3, 0.4) is 0 Å². The second-order valence-corrected chi connectivity index (χ2v) is 6.98. The van der Waals surface area contributed by atoms with Gasteiger partial charge >= 0.3 is 0 Å². The Bertz CT molecular complexity index is 1020. The molecule has 0 saturated carbocycles. The highest BCUT2D eigenvalue weighted by atomic mass is 16.3. The van der Waals surface area contributed by atoms with Crippen molar-refractivity contribution in [3.63, 3.8) is 0 Å². The zero-order chi connectivity index (χ0) is 19.0. The number of aromatic nitrogens is 4. The van der Waals surface area contributed by atoms with Crippen molar-refractivity contribution in [2.75, 3.05) is 13.1 Å². The smallest absolute Gasteiger partial charge is 0.265 e. The summed E-state index contributed by atoms with van der Waals surface area (Å²) in [4.78, 5) is 32.2. The van der Waals surface area contributed by atoms with Crippen LogP contribution in [0.1, 0.15) is 30.0 Å². The summed E-state index contributed by atoms with van der Waals surface area (Å²) in [7, 11) is 0. The van der Waals surface area contributed by atoms with E-state index in [1.807, 2.05) is 31.2 Å². The van der Waals surface area contributed by atoms with Gasteiger partial charge in [0, 0.05) is 13.1 Å². The molecule has 1 aliphatic heterocycles. The number of nitrogens with zero attached hydrogens (tertiary/aromatic N) is 4. The molecule has 140 valence electrons. The molecule has 1 aromatic carbocycles. The van der Waals surface area contributed by atoms with Crippen molar-refractivity contribution in [3.8, 4) is 0 Å². The van der Waals surface area contributed by atoms with Gasteiger partial charge in [-0.1, -0.05) is 29.8 Å². The highest BCUT2D eigenvalue weighted by molar-refractivity contribution is 5.84. The number of rotatable bonds is 3. The van der Waals surface area contributed by atoms with Crippen LogP contribution >= 0.6 is 0 Å². The molecule has 3 heterocycles. The average Bonchev–Trinajstić information content (AvgIpc) is 3.15. The first-order valence-corrected chi connectivity index (χ1v) is 8.98. The van der Waals surface area contributed by atoms with Gasteiger partial charge in [-0.2, -0.15) is 5.10 Å². The number of likely N-dealkylation sites (tertiary alicyclic amines) is 1. The summed E-state index contributed by atoms with van der Waals surface area (Å²) in [5.41, 5.74) is 1.83. The average molecular weight is 367 g/mol. The summed E-state index contributed by atoms with van der Waals surface area (Å²) in [5.74, 6) is -0.218. The van der Waals surface area contributed by atoms with E-state index in [1.165, 1.54) is 17.1 Å². The number of fused-ring (bicyclic) bond motifs is 1. The number of amides is 1. The number of nitrogens with one attached hydrogen (secondary N) is 1. The maximum atomic E-state index is 13.4. The fourth-order valence-electron chi connectivity index (χ4n) is 3.53. The van der Waals surface area contributed by atoms with E-state index >= 15 is 0 Å². The number of benzene rings is 1. The molecule has 1 saturated heterocycles. The van der Waals surface area contributed by atoms with E-state index in [-0.39, 0.29) is 18.0 Å². The van der Waals surface area contributed by atoms with Crippen LogP contribution in [0.2, 0.25) is 0 Å². The monoisotopic (exact) mass is 367 g/mol. The van der Waals surface area contributed by atoms with E-state index in [1.54, 1.807) is 4.90 Å². The maximum absolute atomic E-state index is 13.4. The Morgan fingerprint density at radius 3 is 2.85 bits per heavy atom. The topological polar surface area (TPSA) is 104 Å². The van der Waals surface area contributed by atoms with Crippen molar-refractivity contribution in [3.05, 3.63) is 58.3 Å². The van der Waals surface area contributed by atoms with Crippen molar-refractivity contribution in [2.24, 2.45) is 0 Å². The highest BCUT2D eigenvalue weighted by Crippen LogP contribution is 2.23. The van der Waals surface area contributed by atoms with E-state index in [2.05, 4.69) is 15.2 Å². The Hall–Kier alpha value is -3.00. The lowest BCUT2D eigenvalue weighted by atomic mass is 10.0. The molecule has 2 unspecified atom stereocenters. The Labute approximate surface area is 155 Å². The third-order valence-corrected chi connectivity index (χ3v) is 5.01. The number of aliphatic hydroxyl groups is 1. The zero-order valence-corrected chi connectivity index (χ0v) is 15.0. The quantitative estimate of drug-likeness (QED) is 0.719. The molecule has 8 nitrogen and oxygen atoms in total. The van der Waals surface area contributed by atoms with Crippen LogP contribution in [0.5, 0.6) is 0 Å². The number of aromatic amines is 1.